The van der Waals surface area contributed by atoms with Gasteiger partial charge in [0.15, 0.2) is 5.76 Å². The molecule has 58 valence electrons. The predicted octanol–water partition coefficient (Wildman–Crippen LogP) is 0.186. The van der Waals surface area contributed by atoms with E-state index >= 15 is 0 Å². The molecule has 1 aromatic rings. The molecule has 2 rings (SSSR count). The number of hydrogen-bond donors (Lipinski definition) is 1. The van der Waals surface area contributed by atoms with Crippen molar-refractivity contribution in [3.63, 3.8) is 0 Å². The van der Waals surface area contributed by atoms with Gasteiger partial charge in [-0.05, 0) is 12.8 Å². The molecule has 1 heterocycles. The molecule has 0 spiro atoms. The zero-order valence-electron chi connectivity index (χ0n) is 5.65. The van der Waals surface area contributed by atoms with Crippen LogP contribution in [-0.2, 0) is 10.2 Å². The minimum atomic E-state index is -0.851. The Balaban J connectivity index is 2.36. The van der Waals surface area contributed by atoms with E-state index in [1.165, 1.54) is 6.20 Å². The molecule has 0 radical (unpaired) electrons. The van der Waals surface area contributed by atoms with Crippen LogP contribution in [0.1, 0.15) is 18.6 Å². The van der Waals surface area contributed by atoms with Crippen LogP contribution in [0.5, 0.6) is 0 Å². The van der Waals surface area contributed by atoms with E-state index in [9.17, 15) is 4.79 Å². The number of carbonyl (C=O) groups is 1. The van der Waals surface area contributed by atoms with Gasteiger partial charge in [-0.25, -0.2) is 0 Å². The van der Waals surface area contributed by atoms with Crippen molar-refractivity contribution in [3.05, 3.63) is 12.0 Å². The fourth-order valence-electron chi connectivity index (χ4n) is 1.07. The number of nitrogens with zero attached hydrogens (tertiary/aromatic N) is 2. The van der Waals surface area contributed by atoms with Crippen molar-refractivity contribution >= 4 is 5.97 Å². The van der Waals surface area contributed by atoms with Gasteiger partial charge < -0.3 is 9.63 Å². The average Bonchev–Trinajstić information content (AvgIpc) is 2.61. The molecule has 1 aliphatic rings. The molecular weight excluding hydrogens is 148 g/mol. The average molecular weight is 154 g/mol. The van der Waals surface area contributed by atoms with Crippen LogP contribution in [0, 0.1) is 0 Å². The summed E-state index contributed by atoms with van der Waals surface area (Å²) in [4.78, 5) is 10.7. The molecule has 0 amide bonds. The van der Waals surface area contributed by atoms with Gasteiger partial charge in [0.05, 0.1) is 6.20 Å². The summed E-state index contributed by atoms with van der Waals surface area (Å²) < 4.78 is 4.68. The summed E-state index contributed by atoms with van der Waals surface area (Å²) >= 11 is 0. The fourth-order valence-corrected chi connectivity index (χ4v) is 1.07. The van der Waals surface area contributed by atoms with E-state index in [4.69, 9.17) is 5.11 Å². The second-order valence-electron chi connectivity index (χ2n) is 2.67. The second-order valence-corrected chi connectivity index (χ2v) is 2.67. The lowest BCUT2D eigenvalue weighted by atomic mass is 10.1. The van der Waals surface area contributed by atoms with Gasteiger partial charge in [0.25, 0.3) is 0 Å². The zero-order chi connectivity index (χ0) is 7.90. The van der Waals surface area contributed by atoms with Crippen LogP contribution < -0.4 is 0 Å². The first-order valence-corrected chi connectivity index (χ1v) is 3.27. The first-order valence-electron chi connectivity index (χ1n) is 3.27. The van der Waals surface area contributed by atoms with E-state index in [1.54, 1.807) is 0 Å². The fraction of sp³-hybridized carbons (Fsp3) is 0.500. The lowest BCUT2D eigenvalue weighted by Gasteiger charge is -2.00. The number of carboxylic acids is 1. The van der Waals surface area contributed by atoms with Crippen molar-refractivity contribution < 1.29 is 14.4 Å². The van der Waals surface area contributed by atoms with Gasteiger partial charge in [0, 0.05) is 5.27 Å². The molecule has 0 saturated heterocycles. The lowest BCUT2D eigenvalue weighted by Crippen LogP contribution is -2.18. The Morgan fingerprint density at radius 3 is 2.82 bits per heavy atom. The van der Waals surface area contributed by atoms with E-state index in [2.05, 4.69) is 14.9 Å². The molecule has 1 fully saturated rings. The van der Waals surface area contributed by atoms with Crippen LogP contribution in [0.25, 0.3) is 0 Å². The van der Waals surface area contributed by atoms with Crippen LogP contribution in [0.4, 0.5) is 0 Å². The van der Waals surface area contributed by atoms with Crippen molar-refractivity contribution in [1.82, 2.24) is 10.4 Å². The van der Waals surface area contributed by atoms with Crippen LogP contribution in [0.2, 0.25) is 0 Å². The quantitative estimate of drug-likeness (QED) is 0.657. The van der Waals surface area contributed by atoms with E-state index in [0.717, 1.165) is 0 Å². The predicted molar refractivity (Wildman–Crippen MR) is 32.8 cm³/mol. The van der Waals surface area contributed by atoms with Gasteiger partial charge in [-0.1, -0.05) is 0 Å². The Labute approximate surface area is 62.0 Å². The van der Waals surface area contributed by atoms with Crippen molar-refractivity contribution in [2.75, 3.05) is 0 Å². The molecule has 11 heavy (non-hydrogen) atoms. The summed E-state index contributed by atoms with van der Waals surface area (Å²) in [6, 6.07) is 0. The minimum absolute atomic E-state index is 0.366. The van der Waals surface area contributed by atoms with Gasteiger partial charge in [-0.3, -0.25) is 4.79 Å². The summed E-state index contributed by atoms with van der Waals surface area (Å²) in [6.45, 7) is 0. The van der Waals surface area contributed by atoms with Gasteiger partial charge >= 0.3 is 5.97 Å². The monoisotopic (exact) mass is 154 g/mol. The van der Waals surface area contributed by atoms with Crippen molar-refractivity contribution in [2.24, 2.45) is 0 Å². The highest BCUT2D eigenvalue weighted by molar-refractivity contribution is 5.83. The first-order chi connectivity index (χ1) is 5.26. The molecule has 0 aliphatic heterocycles. The number of hydrogen-bond acceptors (Lipinski definition) is 4. The summed E-state index contributed by atoms with van der Waals surface area (Å²) in [6.07, 6.45) is 2.61. The SMILES string of the molecule is O=C(O)C1(c2cnno2)CC1. The maximum Gasteiger partial charge on any atom is 0.317 e. The maximum absolute atomic E-state index is 10.7. The van der Waals surface area contributed by atoms with E-state index in [1.807, 2.05) is 0 Å². The second kappa shape index (κ2) is 1.81. The molecular formula is C6H6N2O3. The summed E-state index contributed by atoms with van der Waals surface area (Å²) in [7, 11) is 0. The van der Waals surface area contributed by atoms with Crippen molar-refractivity contribution in [1.29, 1.82) is 0 Å². The van der Waals surface area contributed by atoms with Crippen LogP contribution in [0.3, 0.4) is 0 Å². The number of carboxylic acid groups (broad SMARTS) is 1. The van der Waals surface area contributed by atoms with Crippen molar-refractivity contribution in [2.45, 2.75) is 18.3 Å². The summed E-state index contributed by atoms with van der Waals surface area (Å²) in [5, 5.41) is 15.4. The Bertz CT molecular complexity index is 276. The van der Waals surface area contributed by atoms with Gasteiger partial charge in [-0.2, -0.15) is 0 Å². The van der Waals surface area contributed by atoms with Crippen LogP contribution in [-0.4, -0.2) is 21.4 Å². The van der Waals surface area contributed by atoms with E-state index in [-0.39, 0.29) is 0 Å². The number of aromatic nitrogens is 2. The van der Waals surface area contributed by atoms with Crippen LogP contribution >= 0.6 is 0 Å². The molecule has 0 atom stereocenters. The molecule has 0 bridgehead atoms. The molecule has 1 aliphatic carbocycles. The normalized spacial score (nSPS) is 19.6. The molecule has 5 nitrogen and oxygen atoms in total. The Kier molecular flexibility index (Phi) is 1.04. The Hall–Kier alpha value is -1.39. The van der Waals surface area contributed by atoms with Gasteiger partial charge in [0.2, 0.25) is 0 Å². The minimum Gasteiger partial charge on any atom is -0.480 e. The number of aliphatic carboxylic acids is 1. The Morgan fingerprint density at radius 1 is 1.73 bits per heavy atom. The highest BCUT2D eigenvalue weighted by Gasteiger charge is 2.55. The van der Waals surface area contributed by atoms with Crippen molar-refractivity contribution in [3.8, 4) is 0 Å². The summed E-state index contributed by atoms with van der Waals surface area (Å²) in [5.41, 5.74) is -0.802. The lowest BCUT2D eigenvalue weighted by molar-refractivity contribution is -0.140. The Morgan fingerprint density at radius 2 is 2.45 bits per heavy atom. The smallest absolute Gasteiger partial charge is 0.317 e. The molecule has 1 N–H and O–H groups in total. The zero-order valence-corrected chi connectivity index (χ0v) is 5.65. The standard InChI is InChI=1S/C6H6N2O3/c9-5(10)6(1-2-6)4-3-7-8-11-4/h3H,1-2H2,(H,9,10). The van der Waals surface area contributed by atoms with E-state index < -0.39 is 11.4 Å². The summed E-state index contributed by atoms with van der Waals surface area (Å²) in [5.74, 6) is -0.485. The molecule has 0 unspecified atom stereocenters. The third-order valence-corrected chi connectivity index (χ3v) is 1.99. The van der Waals surface area contributed by atoms with E-state index in [0.29, 0.717) is 18.6 Å². The molecule has 0 aromatic carbocycles. The van der Waals surface area contributed by atoms with Crippen LogP contribution in [0.15, 0.2) is 10.7 Å². The third-order valence-electron chi connectivity index (χ3n) is 1.99. The first kappa shape index (κ1) is 6.33. The number of rotatable bonds is 2. The maximum atomic E-state index is 10.7. The topological polar surface area (TPSA) is 76.2 Å². The third kappa shape index (κ3) is 0.736. The molecule has 1 saturated carbocycles. The molecule has 5 heteroatoms. The van der Waals surface area contributed by atoms with Gasteiger partial charge in [0.1, 0.15) is 5.41 Å². The largest absolute Gasteiger partial charge is 0.480 e. The highest BCUT2D eigenvalue weighted by Crippen LogP contribution is 2.47. The van der Waals surface area contributed by atoms with Gasteiger partial charge in [-0.15, -0.1) is 5.10 Å². The highest BCUT2D eigenvalue weighted by atomic mass is 16.5. The molecule has 1 aromatic heterocycles.